The molecule has 11 heteroatoms. The Bertz CT molecular complexity index is 1180. The number of nitrogens with one attached hydrogen (secondary N) is 2. The molecule has 0 saturated heterocycles. The molecule has 170 valence electrons. The molecule has 0 aliphatic rings. The van der Waals surface area contributed by atoms with E-state index in [1.54, 1.807) is 0 Å². The van der Waals surface area contributed by atoms with Crippen molar-refractivity contribution in [3.63, 3.8) is 0 Å². The summed E-state index contributed by atoms with van der Waals surface area (Å²) in [6.07, 6.45) is -4.23. The van der Waals surface area contributed by atoms with Gasteiger partial charge < -0.3 is 5.32 Å². The van der Waals surface area contributed by atoms with Gasteiger partial charge in [-0.2, -0.15) is 13.2 Å². The Morgan fingerprint density at radius 1 is 1.03 bits per heavy atom. The Kier molecular flexibility index (Phi) is 7.32. The Hall–Kier alpha value is -2.76. The predicted molar refractivity (Wildman–Crippen MR) is 112 cm³/mol. The molecule has 1 heterocycles. The molecule has 5 nitrogen and oxygen atoms in total. The summed E-state index contributed by atoms with van der Waals surface area (Å²) in [7, 11) is -3.77. The number of amides is 1. The molecular formula is C21H18F4N2O3S2. The van der Waals surface area contributed by atoms with Gasteiger partial charge in [-0.05, 0) is 59.8 Å². The quantitative estimate of drug-likeness (QED) is 0.465. The van der Waals surface area contributed by atoms with Gasteiger partial charge in [-0.15, -0.1) is 11.3 Å². The van der Waals surface area contributed by atoms with Gasteiger partial charge in [0.15, 0.2) is 0 Å². The standard InChI is InChI=1S/C21H18F4N2O3S2/c22-16-6-3-15(19(12-16)21(23,24)25)13-26-20(28)14-4-7-18(8-5-14)32(29,30)27-10-9-17-2-1-11-31-17/h1-8,11-12,27H,9-10,13H2,(H,26,28). The number of rotatable bonds is 8. The van der Waals surface area contributed by atoms with Gasteiger partial charge in [0.2, 0.25) is 10.0 Å². The highest BCUT2D eigenvalue weighted by Gasteiger charge is 2.33. The van der Waals surface area contributed by atoms with Crippen LogP contribution in [0, 0.1) is 5.82 Å². The maximum absolute atomic E-state index is 13.2. The van der Waals surface area contributed by atoms with Gasteiger partial charge in [0.25, 0.3) is 5.91 Å². The van der Waals surface area contributed by atoms with Crippen molar-refractivity contribution in [2.24, 2.45) is 0 Å². The van der Waals surface area contributed by atoms with Crippen molar-refractivity contribution in [3.05, 3.63) is 87.4 Å². The van der Waals surface area contributed by atoms with Crippen LogP contribution in [-0.4, -0.2) is 20.9 Å². The van der Waals surface area contributed by atoms with Gasteiger partial charge in [0.05, 0.1) is 10.5 Å². The minimum absolute atomic E-state index is 0.0434. The summed E-state index contributed by atoms with van der Waals surface area (Å²) in [5, 5.41) is 4.23. The Balaban J connectivity index is 1.62. The molecule has 0 bridgehead atoms. The fraction of sp³-hybridized carbons (Fsp3) is 0.190. The molecule has 3 rings (SSSR count). The summed E-state index contributed by atoms with van der Waals surface area (Å²) in [5.41, 5.74) is -1.40. The summed E-state index contributed by atoms with van der Waals surface area (Å²) in [5.74, 6) is -1.73. The SMILES string of the molecule is O=C(NCc1ccc(F)cc1C(F)(F)F)c1ccc(S(=O)(=O)NCCc2cccs2)cc1. The van der Waals surface area contributed by atoms with E-state index in [0.29, 0.717) is 12.5 Å². The van der Waals surface area contributed by atoms with E-state index in [1.165, 1.54) is 35.6 Å². The number of sulfonamides is 1. The molecule has 0 unspecified atom stereocenters. The normalized spacial score (nSPS) is 12.0. The zero-order valence-electron chi connectivity index (χ0n) is 16.4. The molecule has 2 aromatic carbocycles. The Labute approximate surface area is 186 Å². The monoisotopic (exact) mass is 486 g/mol. The fourth-order valence-corrected chi connectivity index (χ4v) is 4.62. The van der Waals surface area contributed by atoms with Crippen LogP contribution in [0.25, 0.3) is 0 Å². The van der Waals surface area contributed by atoms with E-state index in [4.69, 9.17) is 0 Å². The minimum Gasteiger partial charge on any atom is -0.348 e. The van der Waals surface area contributed by atoms with Crippen LogP contribution in [0.3, 0.4) is 0 Å². The first-order valence-electron chi connectivity index (χ1n) is 9.32. The van der Waals surface area contributed by atoms with Crippen molar-refractivity contribution in [1.29, 1.82) is 0 Å². The molecule has 2 N–H and O–H groups in total. The van der Waals surface area contributed by atoms with Crippen LogP contribution in [-0.2, 0) is 29.2 Å². The van der Waals surface area contributed by atoms with Crippen LogP contribution in [0.4, 0.5) is 17.6 Å². The van der Waals surface area contributed by atoms with E-state index in [-0.39, 0.29) is 22.6 Å². The molecule has 0 radical (unpaired) electrons. The van der Waals surface area contributed by atoms with Crippen molar-refractivity contribution in [3.8, 4) is 0 Å². The molecule has 3 aromatic rings. The summed E-state index contributed by atoms with van der Waals surface area (Å²) in [6, 6.07) is 11.0. The van der Waals surface area contributed by atoms with E-state index < -0.39 is 40.0 Å². The molecule has 1 amide bonds. The average molecular weight is 487 g/mol. The highest BCUT2D eigenvalue weighted by atomic mass is 32.2. The second kappa shape index (κ2) is 9.80. The lowest BCUT2D eigenvalue weighted by atomic mass is 10.1. The number of carbonyl (C=O) groups is 1. The number of hydrogen-bond donors (Lipinski definition) is 2. The molecule has 32 heavy (non-hydrogen) atoms. The third-order valence-electron chi connectivity index (χ3n) is 4.49. The topological polar surface area (TPSA) is 75.3 Å². The number of alkyl halides is 3. The maximum atomic E-state index is 13.2. The Morgan fingerprint density at radius 2 is 1.75 bits per heavy atom. The van der Waals surface area contributed by atoms with Crippen LogP contribution in [0.15, 0.2) is 64.9 Å². The van der Waals surface area contributed by atoms with Gasteiger partial charge in [0.1, 0.15) is 5.82 Å². The van der Waals surface area contributed by atoms with Crippen LogP contribution in [0.2, 0.25) is 0 Å². The minimum atomic E-state index is -4.77. The van der Waals surface area contributed by atoms with Crippen molar-refractivity contribution < 1.29 is 30.8 Å². The molecular weight excluding hydrogens is 468 g/mol. The van der Waals surface area contributed by atoms with Crippen molar-refractivity contribution in [1.82, 2.24) is 10.0 Å². The first kappa shape index (κ1) is 23.9. The first-order chi connectivity index (χ1) is 15.1. The van der Waals surface area contributed by atoms with Gasteiger partial charge >= 0.3 is 6.18 Å². The molecule has 0 aliphatic heterocycles. The summed E-state index contributed by atoms with van der Waals surface area (Å²) in [6.45, 7) is -0.261. The first-order valence-corrected chi connectivity index (χ1v) is 11.7. The van der Waals surface area contributed by atoms with Crippen molar-refractivity contribution >= 4 is 27.3 Å². The summed E-state index contributed by atoms with van der Waals surface area (Å²) in [4.78, 5) is 13.3. The van der Waals surface area contributed by atoms with E-state index in [0.717, 1.165) is 17.0 Å². The van der Waals surface area contributed by atoms with Crippen LogP contribution in [0.1, 0.15) is 26.4 Å². The highest BCUT2D eigenvalue weighted by Crippen LogP contribution is 2.32. The van der Waals surface area contributed by atoms with Gasteiger partial charge in [-0.3, -0.25) is 4.79 Å². The molecule has 0 fully saturated rings. The zero-order chi connectivity index (χ0) is 23.4. The van der Waals surface area contributed by atoms with Crippen LogP contribution >= 0.6 is 11.3 Å². The number of benzene rings is 2. The van der Waals surface area contributed by atoms with E-state index in [9.17, 15) is 30.8 Å². The molecule has 1 aromatic heterocycles. The third-order valence-corrected chi connectivity index (χ3v) is 6.90. The van der Waals surface area contributed by atoms with Gasteiger partial charge in [-0.1, -0.05) is 12.1 Å². The zero-order valence-corrected chi connectivity index (χ0v) is 18.1. The molecule has 0 aliphatic carbocycles. The fourth-order valence-electron chi connectivity index (χ4n) is 2.88. The lowest BCUT2D eigenvalue weighted by molar-refractivity contribution is -0.138. The van der Waals surface area contributed by atoms with Crippen LogP contribution < -0.4 is 10.0 Å². The van der Waals surface area contributed by atoms with Crippen molar-refractivity contribution in [2.45, 2.75) is 24.0 Å². The van der Waals surface area contributed by atoms with Crippen molar-refractivity contribution in [2.75, 3.05) is 6.54 Å². The van der Waals surface area contributed by atoms with Crippen LogP contribution in [0.5, 0.6) is 0 Å². The largest absolute Gasteiger partial charge is 0.416 e. The second-order valence-electron chi connectivity index (χ2n) is 6.73. The number of carbonyl (C=O) groups excluding carboxylic acids is 1. The lowest BCUT2D eigenvalue weighted by Gasteiger charge is -2.14. The van der Waals surface area contributed by atoms with Gasteiger partial charge in [-0.25, -0.2) is 17.5 Å². The Morgan fingerprint density at radius 3 is 2.38 bits per heavy atom. The summed E-state index contributed by atoms with van der Waals surface area (Å²) >= 11 is 1.52. The maximum Gasteiger partial charge on any atom is 0.416 e. The van der Waals surface area contributed by atoms with E-state index >= 15 is 0 Å². The van der Waals surface area contributed by atoms with Gasteiger partial charge in [0, 0.05) is 23.5 Å². The van der Waals surface area contributed by atoms with E-state index in [2.05, 4.69) is 10.0 Å². The third kappa shape index (κ3) is 6.15. The average Bonchev–Trinajstić information content (AvgIpc) is 3.25. The molecule has 0 atom stereocenters. The number of halogens is 4. The smallest absolute Gasteiger partial charge is 0.348 e. The summed E-state index contributed by atoms with van der Waals surface area (Å²) < 4.78 is 79.6. The number of thiophene rings is 1. The second-order valence-corrected chi connectivity index (χ2v) is 9.53. The molecule has 0 spiro atoms. The molecule has 0 saturated carbocycles. The predicted octanol–water partition coefficient (Wildman–Crippen LogP) is 4.36. The lowest BCUT2D eigenvalue weighted by Crippen LogP contribution is -2.26. The van der Waals surface area contributed by atoms with E-state index in [1.807, 2.05) is 17.5 Å². The highest BCUT2D eigenvalue weighted by molar-refractivity contribution is 7.89. The number of hydrogen-bond acceptors (Lipinski definition) is 4.